The molecule has 2 nitrogen and oxygen atoms in total. The number of aryl methyl sites for hydroxylation is 2. The summed E-state index contributed by atoms with van der Waals surface area (Å²) in [5.41, 5.74) is 4.65. The molecule has 1 saturated heterocycles. The average Bonchev–Trinajstić information content (AvgIpc) is 2.60. The van der Waals surface area contributed by atoms with E-state index in [4.69, 9.17) is 0 Å². The van der Waals surface area contributed by atoms with Crippen LogP contribution in [0.5, 0.6) is 0 Å². The van der Waals surface area contributed by atoms with Gasteiger partial charge in [0.2, 0.25) is 0 Å². The Labute approximate surface area is 157 Å². The summed E-state index contributed by atoms with van der Waals surface area (Å²) in [5.74, 6) is 0.531. The van der Waals surface area contributed by atoms with E-state index in [1.165, 1.54) is 16.7 Å². The van der Waals surface area contributed by atoms with E-state index in [-0.39, 0.29) is 18.3 Å². The third-order valence-electron chi connectivity index (χ3n) is 5.02. The van der Waals surface area contributed by atoms with Gasteiger partial charge in [-0.15, -0.1) is 12.4 Å². The van der Waals surface area contributed by atoms with Crippen LogP contribution in [0.25, 0.3) is 0 Å². The lowest BCUT2D eigenvalue weighted by molar-refractivity contribution is 0.0841. The first kappa shape index (κ1) is 19.7. The predicted octanol–water partition coefficient (Wildman–Crippen LogP) is 4.86. The van der Waals surface area contributed by atoms with E-state index in [2.05, 4.69) is 55.1 Å². The van der Waals surface area contributed by atoms with Crippen molar-refractivity contribution in [1.82, 2.24) is 4.90 Å². The van der Waals surface area contributed by atoms with E-state index in [1.54, 1.807) is 0 Å². The van der Waals surface area contributed by atoms with E-state index < -0.39 is 0 Å². The minimum Gasteiger partial charge on any atom is -0.303 e. The smallest absolute Gasteiger partial charge is 0.166 e. The maximum atomic E-state index is 12.8. The van der Waals surface area contributed by atoms with Gasteiger partial charge < -0.3 is 4.90 Å². The normalized spacial score (nSPS) is 15.6. The molecule has 0 radical (unpaired) electrons. The SMILES string of the molecule is Cc1cc(C)cc(C(=O)C2CCN(CCc3ccccc3)CC2)c1.Cl. The highest BCUT2D eigenvalue weighted by atomic mass is 35.5. The van der Waals surface area contributed by atoms with Crippen molar-refractivity contribution in [3.63, 3.8) is 0 Å². The summed E-state index contributed by atoms with van der Waals surface area (Å²) in [7, 11) is 0. The minimum absolute atomic E-state index is 0. The number of benzene rings is 2. The molecule has 0 N–H and O–H groups in total. The zero-order valence-corrected chi connectivity index (χ0v) is 16.0. The van der Waals surface area contributed by atoms with Crippen LogP contribution in [-0.4, -0.2) is 30.3 Å². The minimum atomic E-state index is 0. The van der Waals surface area contributed by atoms with Crippen molar-refractivity contribution in [2.45, 2.75) is 33.1 Å². The molecule has 0 bridgehead atoms. The average molecular weight is 358 g/mol. The van der Waals surface area contributed by atoms with Crippen molar-refractivity contribution in [3.8, 4) is 0 Å². The molecule has 1 heterocycles. The largest absolute Gasteiger partial charge is 0.303 e. The molecule has 25 heavy (non-hydrogen) atoms. The van der Waals surface area contributed by atoms with E-state index in [0.29, 0.717) is 5.78 Å². The first-order valence-corrected chi connectivity index (χ1v) is 9.00. The molecule has 3 heteroatoms. The van der Waals surface area contributed by atoms with Gasteiger partial charge in [0.15, 0.2) is 5.78 Å². The van der Waals surface area contributed by atoms with Gasteiger partial charge in [-0.1, -0.05) is 47.5 Å². The second kappa shape index (κ2) is 9.17. The van der Waals surface area contributed by atoms with Crippen molar-refractivity contribution in [3.05, 3.63) is 70.8 Å². The van der Waals surface area contributed by atoms with Crippen LogP contribution >= 0.6 is 12.4 Å². The number of carbonyl (C=O) groups is 1. The molecule has 0 unspecified atom stereocenters. The maximum absolute atomic E-state index is 12.8. The van der Waals surface area contributed by atoms with Crippen LogP contribution in [0, 0.1) is 19.8 Å². The highest BCUT2D eigenvalue weighted by Gasteiger charge is 2.25. The van der Waals surface area contributed by atoms with Gasteiger partial charge in [-0.2, -0.15) is 0 Å². The number of nitrogens with zero attached hydrogens (tertiary/aromatic N) is 1. The second-order valence-electron chi connectivity index (χ2n) is 7.09. The standard InChI is InChI=1S/C22H27NO.ClH/c1-17-14-18(2)16-21(15-17)22(24)20-9-12-23(13-10-20)11-8-19-6-4-3-5-7-19;/h3-7,14-16,20H,8-13H2,1-2H3;1H. The van der Waals surface area contributed by atoms with Gasteiger partial charge in [0.25, 0.3) is 0 Å². The van der Waals surface area contributed by atoms with Gasteiger partial charge in [-0.05, 0) is 63.9 Å². The monoisotopic (exact) mass is 357 g/mol. The Morgan fingerprint density at radius 1 is 1.00 bits per heavy atom. The molecule has 0 amide bonds. The van der Waals surface area contributed by atoms with Crippen molar-refractivity contribution in [1.29, 1.82) is 0 Å². The Balaban J connectivity index is 0.00000225. The van der Waals surface area contributed by atoms with Gasteiger partial charge in [-0.25, -0.2) is 0 Å². The molecule has 0 aromatic heterocycles. The van der Waals surface area contributed by atoms with Gasteiger partial charge in [0.1, 0.15) is 0 Å². The van der Waals surface area contributed by atoms with Crippen molar-refractivity contribution < 1.29 is 4.79 Å². The predicted molar refractivity (Wildman–Crippen MR) is 107 cm³/mol. The number of likely N-dealkylation sites (tertiary alicyclic amines) is 1. The number of ketones is 1. The summed E-state index contributed by atoms with van der Waals surface area (Å²) >= 11 is 0. The fourth-order valence-corrected chi connectivity index (χ4v) is 3.70. The van der Waals surface area contributed by atoms with Gasteiger partial charge in [0, 0.05) is 18.0 Å². The lowest BCUT2D eigenvalue weighted by Crippen LogP contribution is -2.37. The number of hydrogen-bond acceptors (Lipinski definition) is 2. The Bertz CT molecular complexity index is 670. The molecule has 3 rings (SSSR count). The molecule has 1 aliphatic rings. The number of halogens is 1. The van der Waals surface area contributed by atoms with Crippen LogP contribution < -0.4 is 0 Å². The summed E-state index contributed by atoms with van der Waals surface area (Å²) in [6.07, 6.45) is 3.07. The van der Waals surface area contributed by atoms with E-state index in [9.17, 15) is 4.79 Å². The van der Waals surface area contributed by atoms with Crippen LogP contribution in [0.4, 0.5) is 0 Å². The fourth-order valence-electron chi connectivity index (χ4n) is 3.70. The number of piperidine rings is 1. The van der Waals surface area contributed by atoms with Crippen LogP contribution in [0.1, 0.15) is 39.9 Å². The maximum Gasteiger partial charge on any atom is 0.166 e. The zero-order chi connectivity index (χ0) is 16.9. The van der Waals surface area contributed by atoms with E-state index in [1.807, 2.05) is 12.1 Å². The second-order valence-corrected chi connectivity index (χ2v) is 7.09. The number of rotatable bonds is 5. The number of hydrogen-bond donors (Lipinski definition) is 0. The molecule has 134 valence electrons. The Morgan fingerprint density at radius 3 is 2.20 bits per heavy atom. The van der Waals surface area contributed by atoms with Gasteiger partial charge in [-0.3, -0.25) is 4.79 Å². The summed E-state index contributed by atoms with van der Waals surface area (Å²) in [6.45, 7) is 7.29. The summed E-state index contributed by atoms with van der Waals surface area (Å²) < 4.78 is 0. The van der Waals surface area contributed by atoms with Crippen LogP contribution in [0.2, 0.25) is 0 Å². The molecule has 2 aromatic carbocycles. The topological polar surface area (TPSA) is 20.3 Å². The Morgan fingerprint density at radius 2 is 1.60 bits per heavy atom. The zero-order valence-electron chi connectivity index (χ0n) is 15.2. The van der Waals surface area contributed by atoms with Crippen molar-refractivity contribution >= 4 is 18.2 Å². The molecule has 0 aliphatic carbocycles. The number of Topliss-reactive ketones (excluding diaryl/α,β-unsaturated/α-hetero) is 1. The quantitative estimate of drug-likeness (QED) is 0.712. The molecular formula is C22H28ClNO. The fraction of sp³-hybridized carbons (Fsp3) is 0.409. The molecule has 1 aliphatic heterocycles. The van der Waals surface area contributed by atoms with Crippen LogP contribution in [-0.2, 0) is 6.42 Å². The summed E-state index contributed by atoms with van der Waals surface area (Å²) in [5, 5.41) is 0. The van der Waals surface area contributed by atoms with Crippen LogP contribution in [0.3, 0.4) is 0 Å². The molecular weight excluding hydrogens is 330 g/mol. The van der Waals surface area contributed by atoms with E-state index in [0.717, 1.165) is 44.5 Å². The highest BCUT2D eigenvalue weighted by molar-refractivity contribution is 5.98. The molecule has 0 atom stereocenters. The first-order valence-electron chi connectivity index (χ1n) is 9.00. The number of carbonyl (C=O) groups excluding carboxylic acids is 1. The van der Waals surface area contributed by atoms with Crippen molar-refractivity contribution in [2.75, 3.05) is 19.6 Å². The lowest BCUT2D eigenvalue weighted by Gasteiger charge is -2.31. The molecule has 0 saturated carbocycles. The summed E-state index contributed by atoms with van der Waals surface area (Å²) in [6, 6.07) is 16.9. The Hall–Kier alpha value is -1.64. The Kier molecular flexibility index (Phi) is 7.22. The molecule has 1 fully saturated rings. The first-order chi connectivity index (χ1) is 11.6. The van der Waals surface area contributed by atoms with Gasteiger partial charge in [0.05, 0.1) is 0 Å². The van der Waals surface area contributed by atoms with Gasteiger partial charge >= 0.3 is 0 Å². The lowest BCUT2D eigenvalue weighted by atomic mass is 9.88. The molecule has 2 aromatic rings. The third-order valence-corrected chi connectivity index (χ3v) is 5.02. The van der Waals surface area contributed by atoms with E-state index >= 15 is 0 Å². The summed E-state index contributed by atoms with van der Waals surface area (Å²) in [4.78, 5) is 15.3. The van der Waals surface area contributed by atoms with Crippen LogP contribution in [0.15, 0.2) is 48.5 Å². The van der Waals surface area contributed by atoms with Crippen molar-refractivity contribution in [2.24, 2.45) is 5.92 Å². The highest BCUT2D eigenvalue weighted by Crippen LogP contribution is 2.23. The third kappa shape index (κ3) is 5.42. The molecule has 0 spiro atoms.